The fraction of sp³-hybridized carbons (Fsp3) is 0.0833. The van der Waals surface area contributed by atoms with E-state index in [0.29, 0.717) is 26.3 Å². The lowest BCUT2D eigenvalue weighted by Gasteiger charge is -2.11. The summed E-state index contributed by atoms with van der Waals surface area (Å²) in [4.78, 5) is 4.07. The highest BCUT2D eigenvalue weighted by atomic mass is 79.9. The molecule has 0 bridgehead atoms. The first-order valence-electron chi connectivity index (χ1n) is 5.02. The SMILES string of the molecule is Cc1c(N)cnc(Oc2cc(F)ccc2Br)c1Br. The summed E-state index contributed by atoms with van der Waals surface area (Å²) in [5.41, 5.74) is 7.11. The third-order valence-electron chi connectivity index (χ3n) is 2.37. The Morgan fingerprint density at radius 1 is 1.33 bits per heavy atom. The van der Waals surface area contributed by atoms with Crippen molar-refractivity contribution in [2.24, 2.45) is 0 Å². The Kier molecular flexibility index (Phi) is 3.87. The van der Waals surface area contributed by atoms with Gasteiger partial charge in [-0.15, -0.1) is 0 Å². The number of hydrogen-bond donors (Lipinski definition) is 1. The van der Waals surface area contributed by atoms with Crippen molar-refractivity contribution in [1.82, 2.24) is 4.98 Å². The second kappa shape index (κ2) is 5.24. The van der Waals surface area contributed by atoms with E-state index >= 15 is 0 Å². The highest BCUT2D eigenvalue weighted by molar-refractivity contribution is 9.11. The molecular weight excluding hydrogens is 367 g/mol. The van der Waals surface area contributed by atoms with E-state index in [9.17, 15) is 4.39 Å². The van der Waals surface area contributed by atoms with E-state index in [1.807, 2.05) is 6.92 Å². The van der Waals surface area contributed by atoms with E-state index in [2.05, 4.69) is 36.8 Å². The highest BCUT2D eigenvalue weighted by Crippen LogP contribution is 2.35. The van der Waals surface area contributed by atoms with Gasteiger partial charge in [0.1, 0.15) is 11.6 Å². The van der Waals surface area contributed by atoms with Crippen LogP contribution in [0.25, 0.3) is 0 Å². The Morgan fingerprint density at radius 2 is 2.06 bits per heavy atom. The predicted molar refractivity (Wildman–Crippen MR) is 75.3 cm³/mol. The van der Waals surface area contributed by atoms with Crippen molar-refractivity contribution in [2.45, 2.75) is 6.92 Å². The van der Waals surface area contributed by atoms with Gasteiger partial charge in [0.05, 0.1) is 20.8 Å². The van der Waals surface area contributed by atoms with Crippen LogP contribution in [-0.2, 0) is 0 Å². The summed E-state index contributed by atoms with van der Waals surface area (Å²) in [6.07, 6.45) is 1.50. The molecule has 3 nitrogen and oxygen atoms in total. The van der Waals surface area contributed by atoms with Crippen LogP contribution in [0.5, 0.6) is 11.6 Å². The minimum Gasteiger partial charge on any atom is -0.437 e. The average Bonchev–Trinajstić information content (AvgIpc) is 2.34. The summed E-state index contributed by atoms with van der Waals surface area (Å²) in [5.74, 6) is 0.317. The number of aromatic nitrogens is 1. The molecule has 94 valence electrons. The predicted octanol–water partition coefficient (Wildman–Crippen LogP) is 4.43. The number of nitrogens with two attached hydrogens (primary N) is 1. The van der Waals surface area contributed by atoms with Crippen LogP contribution < -0.4 is 10.5 Å². The van der Waals surface area contributed by atoms with Crippen molar-refractivity contribution < 1.29 is 9.13 Å². The van der Waals surface area contributed by atoms with E-state index in [1.165, 1.54) is 18.3 Å². The lowest BCUT2D eigenvalue weighted by Crippen LogP contribution is -1.97. The molecular formula is C12H9Br2FN2O. The fourth-order valence-electron chi connectivity index (χ4n) is 1.30. The third-order valence-corrected chi connectivity index (χ3v) is 3.96. The summed E-state index contributed by atoms with van der Waals surface area (Å²) >= 11 is 6.64. The largest absolute Gasteiger partial charge is 0.437 e. The van der Waals surface area contributed by atoms with Gasteiger partial charge in [0, 0.05) is 6.07 Å². The van der Waals surface area contributed by atoms with Crippen LogP contribution in [0, 0.1) is 12.7 Å². The molecule has 18 heavy (non-hydrogen) atoms. The van der Waals surface area contributed by atoms with Crippen LogP contribution in [0.15, 0.2) is 33.3 Å². The smallest absolute Gasteiger partial charge is 0.234 e. The van der Waals surface area contributed by atoms with Crippen molar-refractivity contribution in [1.29, 1.82) is 0 Å². The van der Waals surface area contributed by atoms with Crippen LogP contribution in [0.3, 0.4) is 0 Å². The minimum atomic E-state index is -0.378. The normalized spacial score (nSPS) is 10.4. The molecule has 0 unspecified atom stereocenters. The zero-order valence-corrected chi connectivity index (χ0v) is 12.5. The first-order chi connectivity index (χ1) is 8.49. The Labute approximate surface area is 120 Å². The molecule has 0 amide bonds. The van der Waals surface area contributed by atoms with Crippen LogP contribution in [-0.4, -0.2) is 4.98 Å². The zero-order chi connectivity index (χ0) is 13.3. The molecule has 1 aromatic heterocycles. The molecule has 0 saturated carbocycles. The van der Waals surface area contributed by atoms with Crippen molar-refractivity contribution in [3.63, 3.8) is 0 Å². The van der Waals surface area contributed by atoms with Gasteiger partial charge in [-0.1, -0.05) is 0 Å². The lowest BCUT2D eigenvalue weighted by atomic mass is 10.2. The van der Waals surface area contributed by atoms with Gasteiger partial charge in [-0.25, -0.2) is 9.37 Å². The summed E-state index contributed by atoms with van der Waals surface area (Å²) < 4.78 is 20.0. The first kappa shape index (κ1) is 13.3. The van der Waals surface area contributed by atoms with Crippen LogP contribution in [0.4, 0.5) is 10.1 Å². The molecule has 0 aliphatic heterocycles. The van der Waals surface area contributed by atoms with Crippen LogP contribution >= 0.6 is 31.9 Å². The molecule has 0 saturated heterocycles. The van der Waals surface area contributed by atoms with E-state index in [1.54, 1.807) is 6.07 Å². The number of rotatable bonds is 2. The maximum atomic E-state index is 13.1. The van der Waals surface area contributed by atoms with E-state index < -0.39 is 0 Å². The molecule has 1 aromatic carbocycles. The number of halogens is 3. The summed E-state index contributed by atoms with van der Waals surface area (Å²) in [5, 5.41) is 0. The fourth-order valence-corrected chi connectivity index (χ4v) is 2.04. The number of nitrogen functional groups attached to an aromatic ring is 1. The van der Waals surface area contributed by atoms with E-state index in [-0.39, 0.29) is 5.82 Å². The number of benzene rings is 1. The molecule has 2 rings (SSSR count). The van der Waals surface area contributed by atoms with Gasteiger partial charge in [-0.3, -0.25) is 0 Å². The zero-order valence-electron chi connectivity index (χ0n) is 9.38. The number of ether oxygens (including phenoxy) is 1. The van der Waals surface area contributed by atoms with Gasteiger partial charge in [0.25, 0.3) is 0 Å². The minimum absolute atomic E-state index is 0.341. The van der Waals surface area contributed by atoms with Crippen LogP contribution in [0.1, 0.15) is 5.56 Å². The molecule has 6 heteroatoms. The molecule has 0 fully saturated rings. The van der Waals surface area contributed by atoms with Crippen LogP contribution in [0.2, 0.25) is 0 Å². The van der Waals surface area contributed by atoms with Gasteiger partial charge in [-0.05, 0) is 56.5 Å². The summed E-state index contributed by atoms with van der Waals surface area (Å²) in [6, 6.07) is 4.19. The second-order valence-electron chi connectivity index (χ2n) is 3.63. The number of nitrogens with zero attached hydrogens (tertiary/aromatic N) is 1. The van der Waals surface area contributed by atoms with Crippen molar-refractivity contribution in [2.75, 3.05) is 5.73 Å². The van der Waals surface area contributed by atoms with Gasteiger partial charge < -0.3 is 10.5 Å². The number of pyridine rings is 1. The van der Waals surface area contributed by atoms with Gasteiger partial charge >= 0.3 is 0 Å². The standard InChI is InChI=1S/C12H9Br2FN2O/c1-6-9(16)5-17-12(11(6)14)18-10-4-7(15)2-3-8(10)13/h2-5H,16H2,1H3. The molecule has 0 aliphatic rings. The summed E-state index contributed by atoms with van der Waals surface area (Å²) in [6.45, 7) is 1.84. The molecule has 1 heterocycles. The Hall–Kier alpha value is -1.14. The highest BCUT2D eigenvalue weighted by Gasteiger charge is 2.12. The van der Waals surface area contributed by atoms with Gasteiger partial charge in [0.15, 0.2) is 0 Å². The van der Waals surface area contributed by atoms with Crippen molar-refractivity contribution in [3.05, 3.63) is 44.7 Å². The molecule has 0 spiro atoms. The second-order valence-corrected chi connectivity index (χ2v) is 5.28. The third kappa shape index (κ3) is 2.64. The molecule has 0 atom stereocenters. The average molecular weight is 376 g/mol. The molecule has 2 aromatic rings. The lowest BCUT2D eigenvalue weighted by molar-refractivity contribution is 0.452. The topological polar surface area (TPSA) is 48.1 Å². The number of anilines is 1. The van der Waals surface area contributed by atoms with Crippen molar-refractivity contribution in [3.8, 4) is 11.6 Å². The van der Waals surface area contributed by atoms with Gasteiger partial charge in [0.2, 0.25) is 5.88 Å². The quantitative estimate of drug-likeness (QED) is 0.844. The monoisotopic (exact) mass is 374 g/mol. The van der Waals surface area contributed by atoms with Crippen molar-refractivity contribution >= 4 is 37.5 Å². The molecule has 0 aliphatic carbocycles. The molecule has 2 N–H and O–H groups in total. The van der Waals surface area contributed by atoms with E-state index in [0.717, 1.165) is 5.56 Å². The Bertz CT molecular complexity index is 605. The first-order valence-corrected chi connectivity index (χ1v) is 6.61. The Balaban J connectivity index is 2.40. The molecule has 0 radical (unpaired) electrons. The number of hydrogen-bond acceptors (Lipinski definition) is 3. The Morgan fingerprint density at radius 3 is 2.78 bits per heavy atom. The van der Waals surface area contributed by atoms with E-state index in [4.69, 9.17) is 10.5 Å². The maximum Gasteiger partial charge on any atom is 0.234 e. The maximum absolute atomic E-state index is 13.1. The summed E-state index contributed by atoms with van der Waals surface area (Å²) in [7, 11) is 0. The van der Waals surface area contributed by atoms with Gasteiger partial charge in [-0.2, -0.15) is 0 Å².